The average molecular weight is 380 g/mol. The quantitative estimate of drug-likeness (QED) is 0.731. The molecule has 0 unspecified atom stereocenters. The molecule has 3 N–H and O–H groups in total. The van der Waals surface area contributed by atoms with Gasteiger partial charge in [-0.15, -0.1) is 0 Å². The Kier molecular flexibility index (Phi) is 5.85. The molecule has 1 aromatic carbocycles. The van der Waals surface area contributed by atoms with Gasteiger partial charge in [0.15, 0.2) is 5.78 Å². The third-order valence-electron chi connectivity index (χ3n) is 5.76. The van der Waals surface area contributed by atoms with E-state index in [9.17, 15) is 14.7 Å². The van der Waals surface area contributed by atoms with Crippen molar-refractivity contribution in [3.63, 3.8) is 0 Å². The highest BCUT2D eigenvalue weighted by atomic mass is 35.5. The number of nitrogens with one attached hydrogen (secondary N) is 2. The van der Waals surface area contributed by atoms with Crippen LogP contribution in [-0.4, -0.2) is 60.1 Å². The number of amides is 1. The highest BCUT2D eigenvalue weighted by molar-refractivity contribution is 6.30. The van der Waals surface area contributed by atoms with Crippen LogP contribution < -0.4 is 10.6 Å². The Morgan fingerprint density at radius 3 is 2.46 bits per heavy atom. The number of carboxylic acid groups (broad SMARTS) is 1. The molecule has 0 saturated carbocycles. The first-order valence-corrected chi connectivity index (χ1v) is 9.60. The third kappa shape index (κ3) is 3.33. The number of rotatable bonds is 5. The van der Waals surface area contributed by atoms with Crippen LogP contribution in [0.1, 0.15) is 31.2 Å². The van der Waals surface area contributed by atoms with Crippen molar-refractivity contribution in [2.45, 2.75) is 31.2 Å². The van der Waals surface area contributed by atoms with Crippen LogP contribution >= 0.6 is 11.6 Å². The van der Waals surface area contributed by atoms with E-state index in [2.05, 4.69) is 10.6 Å². The van der Waals surface area contributed by atoms with Crippen LogP contribution in [0.25, 0.3) is 0 Å². The van der Waals surface area contributed by atoms with E-state index >= 15 is 0 Å². The molecule has 0 aliphatic carbocycles. The SMILES string of the molecule is CCN(C(=O)O)[C@@]1(C(=O)C2CCNCC2)CNC[C@@H]1c1ccc(Cl)cc1. The lowest BCUT2D eigenvalue weighted by Gasteiger charge is -2.44. The Balaban J connectivity index is 2.05. The lowest BCUT2D eigenvalue weighted by atomic mass is 9.72. The number of halogens is 1. The Labute approximate surface area is 158 Å². The normalized spacial score (nSPS) is 26.6. The van der Waals surface area contributed by atoms with Gasteiger partial charge < -0.3 is 15.7 Å². The second kappa shape index (κ2) is 7.94. The van der Waals surface area contributed by atoms with Crippen LogP contribution in [0.4, 0.5) is 4.79 Å². The number of hydrogen-bond acceptors (Lipinski definition) is 4. The zero-order valence-electron chi connectivity index (χ0n) is 15.0. The molecule has 26 heavy (non-hydrogen) atoms. The predicted molar refractivity (Wildman–Crippen MR) is 101 cm³/mol. The minimum Gasteiger partial charge on any atom is -0.465 e. The summed E-state index contributed by atoms with van der Waals surface area (Å²) in [6.45, 7) is 4.58. The minimum absolute atomic E-state index is 0.0493. The molecule has 142 valence electrons. The van der Waals surface area contributed by atoms with E-state index in [0.717, 1.165) is 31.5 Å². The summed E-state index contributed by atoms with van der Waals surface area (Å²) >= 11 is 6.02. The first kappa shape index (κ1) is 19.1. The van der Waals surface area contributed by atoms with Crippen molar-refractivity contribution in [1.29, 1.82) is 0 Å². The molecule has 2 heterocycles. The molecule has 2 aliphatic heterocycles. The average Bonchev–Trinajstić information content (AvgIpc) is 3.08. The number of ketones is 1. The first-order chi connectivity index (χ1) is 12.5. The number of Topliss-reactive ketones (excluding diaryl/α,β-unsaturated/α-hetero) is 1. The molecule has 2 fully saturated rings. The number of nitrogens with zero attached hydrogens (tertiary/aromatic N) is 1. The van der Waals surface area contributed by atoms with Crippen LogP contribution in [0.2, 0.25) is 5.02 Å². The summed E-state index contributed by atoms with van der Waals surface area (Å²) in [5.41, 5.74) is -0.127. The molecule has 0 aromatic heterocycles. The van der Waals surface area contributed by atoms with Crippen LogP contribution in [0, 0.1) is 5.92 Å². The van der Waals surface area contributed by atoms with Crippen molar-refractivity contribution in [2.75, 3.05) is 32.7 Å². The van der Waals surface area contributed by atoms with Gasteiger partial charge in [0.05, 0.1) is 0 Å². The summed E-state index contributed by atoms with van der Waals surface area (Å²) in [6, 6.07) is 7.40. The molecule has 1 amide bonds. The van der Waals surface area contributed by atoms with E-state index in [4.69, 9.17) is 11.6 Å². The first-order valence-electron chi connectivity index (χ1n) is 9.22. The topological polar surface area (TPSA) is 81.7 Å². The van der Waals surface area contributed by atoms with Crippen molar-refractivity contribution >= 4 is 23.5 Å². The number of carbonyl (C=O) groups is 2. The van der Waals surface area contributed by atoms with E-state index in [-0.39, 0.29) is 24.2 Å². The van der Waals surface area contributed by atoms with Gasteiger partial charge in [0.1, 0.15) is 5.54 Å². The lowest BCUT2D eigenvalue weighted by molar-refractivity contribution is -0.135. The third-order valence-corrected chi connectivity index (χ3v) is 6.01. The van der Waals surface area contributed by atoms with Crippen LogP contribution in [-0.2, 0) is 4.79 Å². The fourth-order valence-corrected chi connectivity index (χ4v) is 4.61. The smallest absolute Gasteiger partial charge is 0.408 e. The monoisotopic (exact) mass is 379 g/mol. The largest absolute Gasteiger partial charge is 0.465 e. The van der Waals surface area contributed by atoms with Crippen molar-refractivity contribution in [3.8, 4) is 0 Å². The second-order valence-corrected chi connectivity index (χ2v) is 7.51. The van der Waals surface area contributed by atoms with E-state index in [0.29, 0.717) is 18.1 Å². The molecule has 2 saturated heterocycles. The highest BCUT2D eigenvalue weighted by Gasteiger charge is 2.56. The zero-order chi connectivity index (χ0) is 18.7. The molecule has 0 radical (unpaired) electrons. The maximum atomic E-state index is 13.7. The van der Waals surface area contributed by atoms with E-state index in [1.54, 1.807) is 19.1 Å². The fourth-order valence-electron chi connectivity index (χ4n) is 4.49. The molecule has 2 atom stereocenters. The Bertz CT molecular complexity index is 660. The van der Waals surface area contributed by atoms with Gasteiger partial charge in [-0.3, -0.25) is 9.69 Å². The van der Waals surface area contributed by atoms with Gasteiger partial charge >= 0.3 is 6.09 Å². The molecular formula is C19H26ClN3O3. The summed E-state index contributed by atoms with van der Waals surface area (Å²) in [5, 5.41) is 17.1. The maximum absolute atomic E-state index is 13.7. The summed E-state index contributed by atoms with van der Waals surface area (Å²) in [5.74, 6) is -0.286. The molecule has 3 rings (SSSR count). The van der Waals surface area contributed by atoms with Crippen molar-refractivity contribution < 1.29 is 14.7 Å². The molecular weight excluding hydrogens is 354 g/mol. The zero-order valence-corrected chi connectivity index (χ0v) is 15.8. The Morgan fingerprint density at radius 1 is 1.23 bits per heavy atom. The van der Waals surface area contributed by atoms with Crippen LogP contribution in [0.3, 0.4) is 0 Å². The minimum atomic E-state index is -1.07. The fraction of sp³-hybridized carbons (Fsp3) is 0.579. The highest BCUT2D eigenvalue weighted by Crippen LogP contribution is 2.41. The number of likely N-dealkylation sites (N-methyl/N-ethyl adjacent to an activating group) is 1. The second-order valence-electron chi connectivity index (χ2n) is 7.07. The molecule has 7 heteroatoms. The summed E-state index contributed by atoms with van der Waals surface area (Å²) in [4.78, 5) is 27.1. The summed E-state index contributed by atoms with van der Waals surface area (Å²) in [6.07, 6.45) is 0.466. The maximum Gasteiger partial charge on any atom is 0.408 e. The molecule has 6 nitrogen and oxygen atoms in total. The number of benzene rings is 1. The Hall–Kier alpha value is -1.63. The van der Waals surface area contributed by atoms with E-state index in [1.807, 2.05) is 12.1 Å². The molecule has 1 aromatic rings. The van der Waals surface area contributed by atoms with E-state index < -0.39 is 11.6 Å². The van der Waals surface area contributed by atoms with Crippen molar-refractivity contribution in [3.05, 3.63) is 34.9 Å². The van der Waals surface area contributed by atoms with Gasteiger partial charge in [-0.2, -0.15) is 0 Å². The lowest BCUT2D eigenvalue weighted by Crippen LogP contribution is -2.63. The van der Waals surface area contributed by atoms with Gasteiger partial charge in [-0.25, -0.2) is 4.79 Å². The molecule has 2 aliphatic rings. The van der Waals surface area contributed by atoms with Gasteiger partial charge in [0.2, 0.25) is 0 Å². The van der Waals surface area contributed by atoms with Gasteiger partial charge in [-0.05, 0) is 50.6 Å². The van der Waals surface area contributed by atoms with Gasteiger partial charge in [-0.1, -0.05) is 23.7 Å². The predicted octanol–water partition coefficient (Wildman–Crippen LogP) is 2.33. The summed E-state index contributed by atoms with van der Waals surface area (Å²) in [7, 11) is 0. The van der Waals surface area contributed by atoms with E-state index in [1.165, 1.54) is 4.90 Å². The molecule has 0 spiro atoms. The molecule has 0 bridgehead atoms. The Morgan fingerprint density at radius 2 is 1.88 bits per heavy atom. The number of hydrogen-bond donors (Lipinski definition) is 3. The van der Waals surface area contributed by atoms with Crippen LogP contribution in [0.15, 0.2) is 24.3 Å². The van der Waals surface area contributed by atoms with Crippen LogP contribution in [0.5, 0.6) is 0 Å². The standard InChI is InChI=1S/C19H26ClN3O3/c1-2-23(18(25)26)19(17(24)14-7-9-21-10-8-14)12-22-11-16(19)13-3-5-15(20)6-4-13/h3-6,14,16,21-22H,2,7-12H2,1H3,(H,25,26)/t16-,19+/m1/s1. The summed E-state index contributed by atoms with van der Waals surface area (Å²) < 4.78 is 0. The van der Waals surface area contributed by atoms with Crippen molar-refractivity contribution in [2.24, 2.45) is 5.92 Å². The van der Waals surface area contributed by atoms with Gasteiger partial charge in [0.25, 0.3) is 0 Å². The number of piperidine rings is 1. The van der Waals surface area contributed by atoms with Gasteiger partial charge in [0, 0.05) is 36.5 Å². The number of carbonyl (C=O) groups excluding carboxylic acids is 1. The van der Waals surface area contributed by atoms with Crippen molar-refractivity contribution in [1.82, 2.24) is 15.5 Å².